The van der Waals surface area contributed by atoms with Crippen molar-refractivity contribution < 1.29 is 13.5 Å². The minimum Gasteiger partial charge on any atom is -0.508 e. The summed E-state index contributed by atoms with van der Waals surface area (Å²) in [5, 5.41) is 13.3. The zero-order valence-corrected chi connectivity index (χ0v) is 13.3. The maximum Gasteiger partial charge on any atom is 0.211 e. The molecule has 7 heteroatoms. The number of nitrogens with zero attached hydrogens (tertiary/aromatic N) is 1. The highest BCUT2D eigenvalue weighted by molar-refractivity contribution is 7.88. The molecule has 1 rings (SSSR count). The number of phenolic OH excluding ortho intramolecular Hbond substituents is 1. The van der Waals surface area contributed by atoms with Crippen LogP contribution < -0.4 is 5.32 Å². The van der Waals surface area contributed by atoms with Crippen molar-refractivity contribution in [2.45, 2.75) is 19.9 Å². The van der Waals surface area contributed by atoms with Gasteiger partial charge in [0.2, 0.25) is 10.0 Å². The number of hydrogen-bond donors (Lipinski definition) is 2. The fraction of sp³-hybridized carbons (Fsp3) is 0.538. The van der Waals surface area contributed by atoms with Crippen LogP contribution in [0.5, 0.6) is 5.75 Å². The third-order valence-corrected chi connectivity index (χ3v) is 4.71. The lowest BCUT2D eigenvalue weighted by Crippen LogP contribution is -2.32. The number of aromatic hydroxyl groups is 1. The molecule has 0 spiro atoms. The first-order chi connectivity index (χ1) is 9.36. The first-order valence-electron chi connectivity index (χ1n) is 6.48. The van der Waals surface area contributed by atoms with Crippen LogP contribution in [0.2, 0.25) is 5.02 Å². The summed E-state index contributed by atoms with van der Waals surface area (Å²) in [5.74, 6) is 0.163. The minimum atomic E-state index is -3.12. The molecule has 0 saturated carbocycles. The molecular formula is C13H21ClN2O3S. The Bertz CT molecular complexity index is 514. The van der Waals surface area contributed by atoms with Crippen LogP contribution in [-0.2, 0) is 16.6 Å². The molecule has 0 aliphatic rings. The van der Waals surface area contributed by atoms with E-state index in [2.05, 4.69) is 5.32 Å². The SMILES string of the molecule is CCN(CCCNCc1c(O)cccc1Cl)S(C)(=O)=O. The normalized spacial score (nSPS) is 12.0. The van der Waals surface area contributed by atoms with E-state index >= 15 is 0 Å². The molecule has 0 radical (unpaired) electrons. The lowest BCUT2D eigenvalue weighted by molar-refractivity contribution is 0.418. The lowest BCUT2D eigenvalue weighted by Gasteiger charge is -2.17. The van der Waals surface area contributed by atoms with Gasteiger partial charge < -0.3 is 10.4 Å². The second-order valence-corrected chi connectivity index (χ2v) is 6.91. The molecule has 20 heavy (non-hydrogen) atoms. The number of benzene rings is 1. The number of halogens is 1. The lowest BCUT2D eigenvalue weighted by atomic mass is 10.2. The quantitative estimate of drug-likeness (QED) is 0.717. The summed E-state index contributed by atoms with van der Waals surface area (Å²) in [7, 11) is -3.12. The van der Waals surface area contributed by atoms with Gasteiger partial charge in [0.15, 0.2) is 0 Å². The fourth-order valence-electron chi connectivity index (χ4n) is 1.87. The molecule has 0 amide bonds. The summed E-state index contributed by atoms with van der Waals surface area (Å²) in [6, 6.07) is 5.00. The third kappa shape index (κ3) is 5.28. The van der Waals surface area contributed by atoms with Crippen LogP contribution >= 0.6 is 11.6 Å². The summed E-state index contributed by atoms with van der Waals surface area (Å²) in [4.78, 5) is 0. The van der Waals surface area contributed by atoms with Crippen molar-refractivity contribution in [3.05, 3.63) is 28.8 Å². The van der Waals surface area contributed by atoms with Gasteiger partial charge >= 0.3 is 0 Å². The number of phenols is 1. The Morgan fingerprint density at radius 3 is 2.65 bits per heavy atom. The molecule has 0 aliphatic heterocycles. The van der Waals surface area contributed by atoms with Crippen LogP contribution in [0, 0.1) is 0 Å². The molecule has 1 aromatic rings. The number of sulfonamides is 1. The standard InChI is InChI=1S/C13H21ClN2O3S/c1-3-16(20(2,18)19)9-5-8-15-10-11-12(14)6-4-7-13(11)17/h4,6-7,15,17H,3,5,8-10H2,1-2H3. The number of nitrogens with one attached hydrogen (secondary N) is 1. The zero-order chi connectivity index (χ0) is 15.2. The molecule has 0 unspecified atom stereocenters. The first kappa shape index (κ1) is 17.2. The van der Waals surface area contributed by atoms with Crippen LogP contribution in [0.4, 0.5) is 0 Å². The highest BCUT2D eigenvalue weighted by Gasteiger charge is 2.13. The molecule has 0 heterocycles. The van der Waals surface area contributed by atoms with Crippen molar-refractivity contribution in [1.82, 2.24) is 9.62 Å². The van der Waals surface area contributed by atoms with Crippen LogP contribution in [0.25, 0.3) is 0 Å². The van der Waals surface area contributed by atoms with E-state index in [1.165, 1.54) is 10.6 Å². The average molecular weight is 321 g/mol. The second kappa shape index (κ2) is 7.83. The molecular weight excluding hydrogens is 300 g/mol. The molecule has 5 nitrogen and oxygen atoms in total. The molecule has 0 atom stereocenters. The van der Waals surface area contributed by atoms with Gasteiger partial charge in [0, 0.05) is 30.2 Å². The van der Waals surface area contributed by atoms with Crippen molar-refractivity contribution in [2.75, 3.05) is 25.9 Å². The van der Waals surface area contributed by atoms with Crippen molar-refractivity contribution in [1.29, 1.82) is 0 Å². The van der Waals surface area contributed by atoms with E-state index in [0.717, 1.165) is 0 Å². The van der Waals surface area contributed by atoms with E-state index in [1.54, 1.807) is 18.2 Å². The number of rotatable bonds is 8. The molecule has 0 fully saturated rings. The van der Waals surface area contributed by atoms with Gasteiger partial charge in [0.1, 0.15) is 5.75 Å². The molecule has 0 bridgehead atoms. The highest BCUT2D eigenvalue weighted by Crippen LogP contribution is 2.24. The highest BCUT2D eigenvalue weighted by atomic mass is 35.5. The van der Waals surface area contributed by atoms with Gasteiger partial charge in [-0.1, -0.05) is 24.6 Å². The molecule has 2 N–H and O–H groups in total. The smallest absolute Gasteiger partial charge is 0.211 e. The summed E-state index contributed by atoms with van der Waals surface area (Å²) < 4.78 is 24.2. The average Bonchev–Trinajstić information content (AvgIpc) is 2.35. The van der Waals surface area contributed by atoms with E-state index < -0.39 is 10.0 Å². The van der Waals surface area contributed by atoms with Crippen LogP contribution in [0.1, 0.15) is 18.9 Å². The van der Waals surface area contributed by atoms with Gasteiger partial charge in [-0.15, -0.1) is 0 Å². The van der Waals surface area contributed by atoms with Gasteiger partial charge in [0.05, 0.1) is 6.26 Å². The van der Waals surface area contributed by atoms with Crippen molar-refractivity contribution >= 4 is 21.6 Å². The molecule has 0 aromatic heterocycles. The van der Waals surface area contributed by atoms with E-state index in [4.69, 9.17) is 11.6 Å². The summed E-state index contributed by atoms with van der Waals surface area (Å²) >= 11 is 5.99. The van der Waals surface area contributed by atoms with Crippen LogP contribution in [-0.4, -0.2) is 43.7 Å². The maximum atomic E-state index is 11.4. The van der Waals surface area contributed by atoms with Gasteiger partial charge in [-0.05, 0) is 25.1 Å². The summed E-state index contributed by atoms with van der Waals surface area (Å²) in [6.45, 7) is 3.88. The second-order valence-electron chi connectivity index (χ2n) is 4.52. The molecule has 0 saturated heterocycles. The van der Waals surface area contributed by atoms with Gasteiger partial charge in [-0.3, -0.25) is 0 Å². The predicted molar refractivity (Wildman–Crippen MR) is 81.5 cm³/mol. The predicted octanol–water partition coefficient (Wildman–Crippen LogP) is 1.81. The molecule has 114 valence electrons. The van der Waals surface area contributed by atoms with Crippen molar-refractivity contribution in [2.24, 2.45) is 0 Å². The van der Waals surface area contributed by atoms with Crippen molar-refractivity contribution in [3.63, 3.8) is 0 Å². The first-order valence-corrected chi connectivity index (χ1v) is 8.71. The monoisotopic (exact) mass is 320 g/mol. The van der Waals surface area contributed by atoms with Gasteiger partial charge in [-0.25, -0.2) is 12.7 Å². The Hall–Kier alpha value is -0.820. The zero-order valence-electron chi connectivity index (χ0n) is 11.8. The minimum absolute atomic E-state index is 0.163. The van der Waals surface area contributed by atoms with E-state index in [1.807, 2.05) is 6.92 Å². The molecule has 1 aromatic carbocycles. The fourth-order valence-corrected chi connectivity index (χ4v) is 3.04. The maximum absolute atomic E-state index is 11.4. The largest absolute Gasteiger partial charge is 0.508 e. The number of hydrogen-bond acceptors (Lipinski definition) is 4. The van der Waals surface area contributed by atoms with E-state index in [9.17, 15) is 13.5 Å². The summed E-state index contributed by atoms with van der Waals surface area (Å²) in [6.07, 6.45) is 1.91. The molecule has 0 aliphatic carbocycles. The Labute approximate surface area is 125 Å². The topological polar surface area (TPSA) is 69.6 Å². The Balaban J connectivity index is 2.36. The van der Waals surface area contributed by atoms with Crippen molar-refractivity contribution in [3.8, 4) is 5.75 Å². The van der Waals surface area contributed by atoms with Crippen LogP contribution in [0.15, 0.2) is 18.2 Å². The van der Waals surface area contributed by atoms with E-state index in [-0.39, 0.29) is 5.75 Å². The third-order valence-electron chi connectivity index (χ3n) is 2.98. The Morgan fingerprint density at radius 2 is 2.10 bits per heavy atom. The van der Waals surface area contributed by atoms with Crippen LogP contribution in [0.3, 0.4) is 0 Å². The Morgan fingerprint density at radius 1 is 1.40 bits per heavy atom. The summed E-state index contributed by atoms with van der Waals surface area (Å²) in [5.41, 5.74) is 0.657. The van der Waals surface area contributed by atoms with Gasteiger partial charge in [0.25, 0.3) is 0 Å². The van der Waals surface area contributed by atoms with E-state index in [0.29, 0.717) is 43.2 Å². The Kier molecular flexibility index (Phi) is 6.75. The van der Waals surface area contributed by atoms with Gasteiger partial charge in [-0.2, -0.15) is 0 Å².